The van der Waals surface area contributed by atoms with Crippen LogP contribution in [0, 0.1) is 5.41 Å². The van der Waals surface area contributed by atoms with Crippen LogP contribution in [-0.4, -0.2) is 28.5 Å². The number of pyridine rings is 1. The highest BCUT2D eigenvalue weighted by Gasteiger charge is 2.31. The molecule has 116 valence electrons. The van der Waals surface area contributed by atoms with E-state index in [1.807, 2.05) is 6.92 Å². The average molecular weight is 313 g/mol. The molecule has 0 saturated carbocycles. The zero-order chi connectivity index (χ0) is 16.0. The number of amides is 1. The second-order valence-electron chi connectivity index (χ2n) is 5.32. The normalized spacial score (nSPS) is 13.5. The van der Waals surface area contributed by atoms with Gasteiger partial charge in [-0.15, -0.1) is 0 Å². The summed E-state index contributed by atoms with van der Waals surface area (Å²) in [5, 5.41) is 12.1. The maximum atomic E-state index is 12.1. The molecule has 1 atom stereocenters. The molecule has 1 aromatic rings. The lowest BCUT2D eigenvalue weighted by Crippen LogP contribution is -2.40. The van der Waals surface area contributed by atoms with Gasteiger partial charge in [0.25, 0.3) is 5.91 Å². The number of carboxylic acid groups (broad SMARTS) is 1. The number of nitrogens with one attached hydrogen (secondary N) is 1. The second kappa shape index (κ2) is 7.41. The Hall–Kier alpha value is -1.62. The standard InChI is InChI=1S/C15H21ClN2O3/c1-4-6-11-7-10(8-12(16)18-11)13(19)17-9-15(3,5-2)14(20)21/h7-8H,4-6,9H2,1-3H3,(H,17,19)(H,20,21). The number of aliphatic carboxylic acids is 1. The van der Waals surface area contributed by atoms with E-state index < -0.39 is 11.4 Å². The first-order chi connectivity index (χ1) is 9.82. The second-order valence-corrected chi connectivity index (χ2v) is 5.71. The highest BCUT2D eigenvalue weighted by atomic mass is 35.5. The minimum atomic E-state index is -0.973. The molecule has 5 nitrogen and oxygen atoms in total. The Morgan fingerprint density at radius 3 is 2.57 bits per heavy atom. The van der Waals surface area contributed by atoms with Crippen molar-refractivity contribution in [3.8, 4) is 0 Å². The molecule has 0 aliphatic heterocycles. The van der Waals surface area contributed by atoms with Gasteiger partial charge < -0.3 is 10.4 Å². The van der Waals surface area contributed by atoms with E-state index in [-0.39, 0.29) is 17.6 Å². The fraction of sp³-hybridized carbons (Fsp3) is 0.533. The highest BCUT2D eigenvalue weighted by Crippen LogP contribution is 2.20. The largest absolute Gasteiger partial charge is 0.481 e. The minimum absolute atomic E-state index is 0.0702. The van der Waals surface area contributed by atoms with Gasteiger partial charge in [0.2, 0.25) is 0 Å². The number of carbonyl (C=O) groups is 2. The number of halogens is 1. The number of hydrogen-bond acceptors (Lipinski definition) is 3. The molecule has 0 fully saturated rings. The third-order valence-electron chi connectivity index (χ3n) is 3.55. The molecule has 0 bridgehead atoms. The van der Waals surface area contributed by atoms with Crippen LogP contribution in [0.15, 0.2) is 12.1 Å². The first-order valence-electron chi connectivity index (χ1n) is 7.00. The van der Waals surface area contributed by atoms with Gasteiger partial charge in [-0.3, -0.25) is 9.59 Å². The van der Waals surface area contributed by atoms with E-state index in [0.29, 0.717) is 12.0 Å². The molecule has 0 aromatic carbocycles. The lowest BCUT2D eigenvalue weighted by Gasteiger charge is -2.23. The van der Waals surface area contributed by atoms with E-state index in [1.165, 1.54) is 6.07 Å². The molecule has 0 radical (unpaired) electrons. The maximum absolute atomic E-state index is 12.1. The van der Waals surface area contributed by atoms with Gasteiger partial charge in [-0.1, -0.05) is 31.9 Å². The van der Waals surface area contributed by atoms with Gasteiger partial charge >= 0.3 is 5.97 Å². The molecule has 1 amide bonds. The molecule has 1 rings (SSSR count). The smallest absolute Gasteiger partial charge is 0.311 e. The summed E-state index contributed by atoms with van der Waals surface area (Å²) in [5.74, 6) is -1.26. The van der Waals surface area contributed by atoms with E-state index in [2.05, 4.69) is 10.3 Å². The van der Waals surface area contributed by atoms with Gasteiger partial charge in [0.1, 0.15) is 5.15 Å². The van der Waals surface area contributed by atoms with Crippen molar-refractivity contribution < 1.29 is 14.7 Å². The number of aromatic nitrogens is 1. The van der Waals surface area contributed by atoms with Crippen molar-refractivity contribution in [1.82, 2.24) is 10.3 Å². The predicted octanol–water partition coefficient (Wildman–Crippen LogP) is 2.92. The molecule has 0 spiro atoms. The Morgan fingerprint density at radius 1 is 1.38 bits per heavy atom. The summed E-state index contributed by atoms with van der Waals surface area (Å²) in [4.78, 5) is 27.5. The molecule has 0 saturated heterocycles. The van der Waals surface area contributed by atoms with Crippen LogP contribution < -0.4 is 5.32 Å². The van der Waals surface area contributed by atoms with Crippen LogP contribution in [0.2, 0.25) is 5.15 Å². The van der Waals surface area contributed by atoms with Crippen LogP contribution >= 0.6 is 11.6 Å². The van der Waals surface area contributed by atoms with Crippen molar-refractivity contribution in [2.24, 2.45) is 5.41 Å². The van der Waals surface area contributed by atoms with Crippen molar-refractivity contribution in [3.05, 3.63) is 28.5 Å². The summed E-state index contributed by atoms with van der Waals surface area (Å²) in [6.45, 7) is 5.48. The number of aryl methyl sites for hydroxylation is 1. The third kappa shape index (κ3) is 4.70. The summed E-state index contributed by atoms with van der Waals surface area (Å²) in [6, 6.07) is 3.18. The Morgan fingerprint density at radius 2 is 2.05 bits per heavy atom. The van der Waals surface area contributed by atoms with Crippen molar-refractivity contribution in [1.29, 1.82) is 0 Å². The molecule has 1 unspecified atom stereocenters. The van der Waals surface area contributed by atoms with Crippen LogP contribution in [0.4, 0.5) is 0 Å². The van der Waals surface area contributed by atoms with Crippen LogP contribution in [-0.2, 0) is 11.2 Å². The van der Waals surface area contributed by atoms with E-state index >= 15 is 0 Å². The fourth-order valence-corrected chi connectivity index (χ4v) is 2.02. The van der Waals surface area contributed by atoms with Gasteiger partial charge in [-0.05, 0) is 31.9 Å². The summed E-state index contributed by atoms with van der Waals surface area (Å²) < 4.78 is 0. The fourth-order valence-electron chi connectivity index (χ4n) is 1.80. The molecule has 1 heterocycles. The van der Waals surface area contributed by atoms with Crippen LogP contribution in [0.1, 0.15) is 49.7 Å². The quantitative estimate of drug-likeness (QED) is 0.759. The Kier molecular flexibility index (Phi) is 6.15. The van der Waals surface area contributed by atoms with Crippen molar-refractivity contribution in [2.45, 2.75) is 40.0 Å². The van der Waals surface area contributed by atoms with Gasteiger partial charge in [0.15, 0.2) is 0 Å². The van der Waals surface area contributed by atoms with Gasteiger partial charge in [0, 0.05) is 17.8 Å². The summed E-state index contributed by atoms with van der Waals surface area (Å²) in [7, 11) is 0. The molecular weight excluding hydrogens is 292 g/mol. The monoisotopic (exact) mass is 312 g/mol. The lowest BCUT2D eigenvalue weighted by atomic mass is 9.87. The van der Waals surface area contributed by atoms with E-state index in [9.17, 15) is 14.7 Å². The Balaban J connectivity index is 2.82. The van der Waals surface area contributed by atoms with Gasteiger partial charge in [-0.25, -0.2) is 4.98 Å². The lowest BCUT2D eigenvalue weighted by molar-refractivity contribution is -0.147. The number of rotatable bonds is 7. The van der Waals surface area contributed by atoms with Crippen molar-refractivity contribution >= 4 is 23.5 Å². The summed E-state index contributed by atoms with van der Waals surface area (Å²) in [6.07, 6.45) is 2.07. The maximum Gasteiger partial charge on any atom is 0.311 e. The van der Waals surface area contributed by atoms with Crippen LogP contribution in [0.25, 0.3) is 0 Å². The minimum Gasteiger partial charge on any atom is -0.481 e. The Labute approximate surface area is 129 Å². The molecule has 0 aliphatic rings. The average Bonchev–Trinajstić information content (AvgIpc) is 2.43. The zero-order valence-corrected chi connectivity index (χ0v) is 13.3. The molecule has 2 N–H and O–H groups in total. The first-order valence-corrected chi connectivity index (χ1v) is 7.38. The van der Waals surface area contributed by atoms with Gasteiger partial charge in [-0.2, -0.15) is 0 Å². The van der Waals surface area contributed by atoms with Crippen LogP contribution in [0.3, 0.4) is 0 Å². The first kappa shape index (κ1) is 17.4. The third-order valence-corrected chi connectivity index (χ3v) is 3.74. The van der Waals surface area contributed by atoms with Gasteiger partial charge in [0.05, 0.1) is 5.41 Å². The number of hydrogen-bond donors (Lipinski definition) is 2. The zero-order valence-electron chi connectivity index (χ0n) is 12.6. The molecule has 1 aromatic heterocycles. The topological polar surface area (TPSA) is 79.3 Å². The van der Waals surface area contributed by atoms with Crippen LogP contribution in [0.5, 0.6) is 0 Å². The molecule has 21 heavy (non-hydrogen) atoms. The predicted molar refractivity (Wildman–Crippen MR) is 81.6 cm³/mol. The number of carboxylic acids is 1. The molecule has 0 aliphatic carbocycles. The van der Waals surface area contributed by atoms with E-state index in [0.717, 1.165) is 18.5 Å². The number of nitrogens with zero attached hydrogens (tertiary/aromatic N) is 1. The van der Waals surface area contributed by atoms with Crippen molar-refractivity contribution in [2.75, 3.05) is 6.54 Å². The summed E-state index contributed by atoms with van der Waals surface area (Å²) in [5.41, 5.74) is 0.188. The molecule has 6 heteroatoms. The number of carbonyl (C=O) groups excluding carboxylic acids is 1. The van der Waals surface area contributed by atoms with E-state index in [4.69, 9.17) is 11.6 Å². The molecular formula is C15H21ClN2O3. The highest BCUT2D eigenvalue weighted by molar-refractivity contribution is 6.29. The Bertz CT molecular complexity index is 534. The summed E-state index contributed by atoms with van der Waals surface area (Å²) >= 11 is 5.91. The van der Waals surface area contributed by atoms with Crippen molar-refractivity contribution in [3.63, 3.8) is 0 Å². The van der Waals surface area contributed by atoms with E-state index in [1.54, 1.807) is 19.9 Å². The SMILES string of the molecule is CCCc1cc(C(=O)NCC(C)(CC)C(=O)O)cc(Cl)n1.